The van der Waals surface area contributed by atoms with Crippen LogP contribution < -0.4 is 9.91 Å². The van der Waals surface area contributed by atoms with Crippen LogP contribution in [0.15, 0.2) is 58.9 Å². The van der Waals surface area contributed by atoms with Gasteiger partial charge in [-0.05, 0) is 43.3 Å². The minimum Gasteiger partial charge on any atom is -0.271 e. The van der Waals surface area contributed by atoms with Gasteiger partial charge in [-0.2, -0.15) is 5.11 Å². The quantitative estimate of drug-likeness (QED) is 0.798. The van der Waals surface area contributed by atoms with Gasteiger partial charge in [0.1, 0.15) is 5.82 Å². The molecule has 7 heteroatoms. The van der Waals surface area contributed by atoms with E-state index < -0.39 is 18.0 Å². The van der Waals surface area contributed by atoms with Crippen LogP contribution in [0.25, 0.3) is 0 Å². The highest BCUT2D eigenvalue weighted by atomic mass is 19.1. The first-order valence-corrected chi connectivity index (χ1v) is 7.46. The van der Waals surface area contributed by atoms with Crippen LogP contribution in [0.2, 0.25) is 0 Å². The first kappa shape index (κ1) is 14.5. The maximum Gasteiger partial charge on any atom is 0.263 e. The van der Waals surface area contributed by atoms with E-state index in [1.54, 1.807) is 12.1 Å². The lowest BCUT2D eigenvalue weighted by Gasteiger charge is -2.20. The molecule has 0 saturated carbocycles. The van der Waals surface area contributed by atoms with Crippen molar-refractivity contribution < 1.29 is 14.0 Å². The molecule has 2 aromatic carbocycles. The fourth-order valence-electron chi connectivity index (χ4n) is 2.92. The number of benzene rings is 2. The molecule has 0 radical (unpaired) electrons. The largest absolute Gasteiger partial charge is 0.271 e. The Hall–Kier alpha value is -3.09. The molecule has 0 unspecified atom stereocenters. The van der Waals surface area contributed by atoms with Crippen molar-refractivity contribution in [2.24, 2.45) is 10.3 Å². The average molecular weight is 324 g/mol. The Morgan fingerprint density at radius 3 is 2.21 bits per heavy atom. The number of hydrogen-bond donors (Lipinski definition) is 0. The lowest BCUT2D eigenvalue weighted by Crippen LogP contribution is -2.39. The summed E-state index contributed by atoms with van der Waals surface area (Å²) in [5.74, 6) is -1.17. The molecule has 2 heterocycles. The third kappa shape index (κ3) is 2.09. The van der Waals surface area contributed by atoms with Gasteiger partial charge < -0.3 is 0 Å². The molecule has 120 valence electrons. The number of anilines is 2. The molecule has 4 rings (SSSR count). The second-order valence-electron chi connectivity index (χ2n) is 5.76. The van der Waals surface area contributed by atoms with Gasteiger partial charge in [-0.3, -0.25) is 9.59 Å². The lowest BCUT2D eigenvalue weighted by molar-refractivity contribution is -0.121. The van der Waals surface area contributed by atoms with Crippen molar-refractivity contribution in [3.05, 3.63) is 59.9 Å². The highest BCUT2D eigenvalue weighted by Crippen LogP contribution is 2.34. The number of halogens is 1. The van der Waals surface area contributed by atoms with E-state index in [9.17, 15) is 14.0 Å². The summed E-state index contributed by atoms with van der Waals surface area (Å²) >= 11 is 0. The maximum absolute atomic E-state index is 13.1. The van der Waals surface area contributed by atoms with Gasteiger partial charge in [0.2, 0.25) is 0 Å². The third-order valence-electron chi connectivity index (χ3n) is 4.17. The number of amides is 2. The number of aryl methyl sites for hydroxylation is 1. The van der Waals surface area contributed by atoms with Crippen molar-refractivity contribution in [2.45, 2.75) is 19.0 Å². The summed E-state index contributed by atoms with van der Waals surface area (Å²) in [4.78, 5) is 26.5. The topological polar surface area (TPSA) is 65.3 Å². The first-order chi connectivity index (χ1) is 11.6. The molecule has 1 saturated heterocycles. The fraction of sp³-hybridized carbons (Fsp3) is 0.176. The molecule has 2 aliphatic heterocycles. The smallest absolute Gasteiger partial charge is 0.263 e. The van der Waals surface area contributed by atoms with Crippen LogP contribution in [0.5, 0.6) is 0 Å². The van der Waals surface area contributed by atoms with Crippen LogP contribution in [-0.4, -0.2) is 23.9 Å². The minimum absolute atomic E-state index is 0.386. The van der Waals surface area contributed by atoms with E-state index in [-0.39, 0.29) is 11.7 Å². The molecule has 24 heavy (non-hydrogen) atoms. The van der Waals surface area contributed by atoms with E-state index in [0.29, 0.717) is 11.4 Å². The van der Waals surface area contributed by atoms with Gasteiger partial charge in [0.25, 0.3) is 11.8 Å². The highest BCUT2D eigenvalue weighted by Gasteiger charge is 2.55. The number of imide groups is 1. The van der Waals surface area contributed by atoms with Gasteiger partial charge in [0.15, 0.2) is 12.1 Å². The van der Waals surface area contributed by atoms with Crippen LogP contribution >= 0.6 is 0 Å². The summed E-state index contributed by atoms with van der Waals surface area (Å²) in [6.07, 6.45) is 0. The van der Waals surface area contributed by atoms with Crippen LogP contribution in [0, 0.1) is 12.7 Å². The van der Waals surface area contributed by atoms with Gasteiger partial charge in [-0.1, -0.05) is 22.9 Å². The Bertz CT molecular complexity index is 848. The standard InChI is InChI=1S/C17H13FN4O2/c1-10-2-6-12(7-3-10)21-16(23)14-15(17(21)24)22(20-19-14)13-8-4-11(18)5-9-13/h2-9,14-15H,1H3/t14-,15-/m0/s1. The molecule has 1 fully saturated rings. The van der Waals surface area contributed by atoms with Gasteiger partial charge in [-0.25, -0.2) is 14.3 Å². The molecule has 0 aromatic heterocycles. The molecule has 6 nitrogen and oxygen atoms in total. The zero-order chi connectivity index (χ0) is 16.8. The Morgan fingerprint density at radius 2 is 1.54 bits per heavy atom. The normalized spacial score (nSPS) is 22.4. The van der Waals surface area contributed by atoms with Gasteiger partial charge >= 0.3 is 0 Å². The molecule has 2 aromatic rings. The van der Waals surface area contributed by atoms with Crippen LogP contribution in [-0.2, 0) is 9.59 Å². The van der Waals surface area contributed by atoms with Gasteiger partial charge in [-0.15, -0.1) is 0 Å². The summed E-state index contributed by atoms with van der Waals surface area (Å²) in [5, 5.41) is 9.25. The van der Waals surface area contributed by atoms with E-state index in [4.69, 9.17) is 0 Å². The zero-order valence-electron chi connectivity index (χ0n) is 12.8. The fourth-order valence-corrected chi connectivity index (χ4v) is 2.92. The molecule has 0 bridgehead atoms. The van der Waals surface area contributed by atoms with Crippen LogP contribution in [0.3, 0.4) is 0 Å². The second kappa shape index (κ2) is 5.23. The maximum atomic E-state index is 13.1. The lowest BCUT2D eigenvalue weighted by atomic mass is 10.1. The monoisotopic (exact) mass is 324 g/mol. The predicted octanol–water partition coefficient (Wildman–Crippen LogP) is 2.63. The van der Waals surface area contributed by atoms with Crippen molar-refractivity contribution in [1.29, 1.82) is 0 Å². The summed E-state index contributed by atoms with van der Waals surface area (Å²) in [5.41, 5.74) is 2.06. The van der Waals surface area contributed by atoms with E-state index in [0.717, 1.165) is 10.5 Å². The Balaban J connectivity index is 1.69. The molecule has 2 aliphatic rings. The molecule has 0 aliphatic carbocycles. The summed E-state index contributed by atoms with van der Waals surface area (Å²) in [6.45, 7) is 1.93. The highest BCUT2D eigenvalue weighted by molar-refractivity contribution is 6.26. The molecule has 2 amide bonds. The molecule has 0 spiro atoms. The van der Waals surface area contributed by atoms with Crippen LogP contribution in [0.1, 0.15) is 5.56 Å². The first-order valence-electron chi connectivity index (χ1n) is 7.46. The summed E-state index contributed by atoms with van der Waals surface area (Å²) in [7, 11) is 0. The number of rotatable bonds is 2. The van der Waals surface area contributed by atoms with Crippen molar-refractivity contribution in [2.75, 3.05) is 9.91 Å². The van der Waals surface area contributed by atoms with E-state index in [1.165, 1.54) is 29.3 Å². The molecular formula is C17H13FN4O2. The predicted molar refractivity (Wildman–Crippen MR) is 85.0 cm³/mol. The third-order valence-corrected chi connectivity index (χ3v) is 4.17. The zero-order valence-corrected chi connectivity index (χ0v) is 12.8. The van der Waals surface area contributed by atoms with Crippen molar-refractivity contribution in [1.82, 2.24) is 0 Å². The number of nitrogens with zero attached hydrogens (tertiary/aromatic N) is 4. The Morgan fingerprint density at radius 1 is 0.917 bits per heavy atom. The number of carbonyl (C=O) groups is 2. The molecule has 0 N–H and O–H groups in total. The number of hydrogen-bond acceptors (Lipinski definition) is 5. The molecule has 2 atom stereocenters. The van der Waals surface area contributed by atoms with Crippen molar-refractivity contribution in [3.8, 4) is 0 Å². The van der Waals surface area contributed by atoms with Crippen molar-refractivity contribution >= 4 is 23.2 Å². The Kier molecular flexibility index (Phi) is 3.16. The summed E-state index contributed by atoms with van der Waals surface area (Å²) < 4.78 is 13.1. The van der Waals surface area contributed by atoms with E-state index >= 15 is 0 Å². The van der Waals surface area contributed by atoms with E-state index in [2.05, 4.69) is 10.3 Å². The average Bonchev–Trinajstić information content (AvgIpc) is 3.11. The van der Waals surface area contributed by atoms with Crippen LogP contribution in [0.4, 0.5) is 15.8 Å². The second-order valence-corrected chi connectivity index (χ2v) is 5.76. The van der Waals surface area contributed by atoms with Crippen molar-refractivity contribution in [3.63, 3.8) is 0 Å². The van der Waals surface area contributed by atoms with E-state index in [1.807, 2.05) is 19.1 Å². The Labute approximate surface area is 137 Å². The van der Waals surface area contributed by atoms with Gasteiger partial charge in [0, 0.05) is 0 Å². The number of carbonyl (C=O) groups excluding carboxylic acids is 2. The van der Waals surface area contributed by atoms with Gasteiger partial charge in [0.05, 0.1) is 11.4 Å². The molecular weight excluding hydrogens is 311 g/mol. The number of fused-ring (bicyclic) bond motifs is 1. The SMILES string of the molecule is Cc1ccc(N2C(=O)[C@H]3N=NN(c4ccc(F)cc4)[C@@H]3C2=O)cc1. The minimum atomic E-state index is -0.871. The summed E-state index contributed by atoms with van der Waals surface area (Å²) in [6, 6.07) is 11.0.